The average Bonchev–Trinajstić information content (AvgIpc) is 3.26. The number of rotatable bonds is 9. The summed E-state index contributed by atoms with van der Waals surface area (Å²) in [6.07, 6.45) is 4.95. The summed E-state index contributed by atoms with van der Waals surface area (Å²) in [5.41, 5.74) is 1.49. The molecule has 0 saturated heterocycles. The van der Waals surface area contributed by atoms with Gasteiger partial charge in [-0.25, -0.2) is 9.37 Å². The predicted octanol–water partition coefficient (Wildman–Crippen LogP) is 6.25. The smallest absolute Gasteiger partial charge is 0.260 e. The Kier molecular flexibility index (Phi) is 7.07. The highest BCUT2D eigenvalue weighted by Crippen LogP contribution is 2.32. The van der Waals surface area contributed by atoms with Crippen LogP contribution in [0.1, 0.15) is 42.2 Å². The third kappa shape index (κ3) is 5.11. The number of nitrogens with zero attached hydrogens (tertiary/aromatic N) is 3. The normalized spacial score (nSPS) is 10.9. The van der Waals surface area contributed by atoms with Gasteiger partial charge >= 0.3 is 0 Å². The molecule has 0 aliphatic heterocycles. The molecule has 0 fully saturated rings. The first-order chi connectivity index (χ1) is 15.7. The number of anilines is 1. The van der Waals surface area contributed by atoms with Gasteiger partial charge in [0.2, 0.25) is 0 Å². The standard InChI is InChI=1S/C25H24FN3O2S/c1-2-3-6-16-31-20-13-11-18(12-14-20)24(30)29(17-19-8-4-5-15-27-19)25-28-23-21(26)9-7-10-22(23)32-25/h4-5,7-15H,2-3,6,16-17H2,1H3. The molecule has 0 N–H and O–H groups in total. The number of hydrogen-bond acceptors (Lipinski definition) is 5. The van der Waals surface area contributed by atoms with Gasteiger partial charge in [-0.15, -0.1) is 0 Å². The quantitative estimate of drug-likeness (QED) is 0.284. The Bertz CT molecular complexity index is 1180. The minimum absolute atomic E-state index is 0.229. The number of para-hydroxylation sites is 1. The number of unbranched alkanes of at least 4 members (excludes halogenated alkanes) is 2. The van der Waals surface area contributed by atoms with Crippen molar-refractivity contribution in [2.75, 3.05) is 11.5 Å². The van der Waals surface area contributed by atoms with Crippen molar-refractivity contribution in [3.8, 4) is 5.75 Å². The zero-order chi connectivity index (χ0) is 22.3. The summed E-state index contributed by atoms with van der Waals surface area (Å²) in [5, 5.41) is 0.431. The molecule has 1 amide bonds. The second-order valence-electron chi connectivity index (χ2n) is 7.38. The van der Waals surface area contributed by atoms with Gasteiger partial charge in [-0.3, -0.25) is 14.7 Å². The van der Waals surface area contributed by atoms with Crippen molar-refractivity contribution in [2.45, 2.75) is 32.7 Å². The number of amides is 1. The second-order valence-corrected chi connectivity index (χ2v) is 8.38. The van der Waals surface area contributed by atoms with Crippen LogP contribution in [0.2, 0.25) is 0 Å². The first-order valence-corrected chi connectivity index (χ1v) is 11.5. The summed E-state index contributed by atoms with van der Waals surface area (Å²) in [6.45, 7) is 3.04. The van der Waals surface area contributed by atoms with E-state index in [9.17, 15) is 9.18 Å². The van der Waals surface area contributed by atoms with Crippen LogP contribution >= 0.6 is 11.3 Å². The predicted molar refractivity (Wildman–Crippen MR) is 126 cm³/mol. The first kappa shape index (κ1) is 21.9. The third-order valence-electron chi connectivity index (χ3n) is 5.00. The number of benzene rings is 2. The molecule has 7 heteroatoms. The Morgan fingerprint density at radius 1 is 1.06 bits per heavy atom. The van der Waals surface area contributed by atoms with E-state index in [1.165, 1.54) is 17.4 Å². The van der Waals surface area contributed by atoms with Crippen LogP contribution in [0.5, 0.6) is 5.75 Å². The van der Waals surface area contributed by atoms with E-state index < -0.39 is 5.82 Å². The van der Waals surface area contributed by atoms with Crippen molar-refractivity contribution in [3.05, 3.63) is 83.9 Å². The number of halogens is 1. The van der Waals surface area contributed by atoms with Crippen LogP contribution in [0.25, 0.3) is 10.2 Å². The highest BCUT2D eigenvalue weighted by molar-refractivity contribution is 7.22. The molecule has 2 heterocycles. The molecule has 0 spiro atoms. The highest BCUT2D eigenvalue weighted by atomic mass is 32.1. The van der Waals surface area contributed by atoms with Crippen molar-refractivity contribution in [3.63, 3.8) is 0 Å². The van der Waals surface area contributed by atoms with Gasteiger partial charge in [0.15, 0.2) is 5.13 Å². The minimum atomic E-state index is -0.403. The molecule has 5 nitrogen and oxygen atoms in total. The van der Waals surface area contributed by atoms with Crippen LogP contribution in [0.15, 0.2) is 66.9 Å². The zero-order valence-corrected chi connectivity index (χ0v) is 18.6. The van der Waals surface area contributed by atoms with E-state index in [4.69, 9.17) is 4.74 Å². The van der Waals surface area contributed by atoms with E-state index >= 15 is 0 Å². The summed E-state index contributed by atoms with van der Waals surface area (Å²) in [5.74, 6) is 0.100. The lowest BCUT2D eigenvalue weighted by molar-refractivity contribution is 0.0984. The fraction of sp³-hybridized carbons (Fsp3) is 0.240. The Balaban J connectivity index is 1.60. The fourth-order valence-electron chi connectivity index (χ4n) is 3.29. The zero-order valence-electron chi connectivity index (χ0n) is 17.8. The maximum atomic E-state index is 14.2. The lowest BCUT2D eigenvalue weighted by atomic mass is 10.2. The number of hydrogen-bond donors (Lipinski definition) is 0. The maximum absolute atomic E-state index is 14.2. The van der Waals surface area contributed by atoms with Crippen molar-refractivity contribution in [2.24, 2.45) is 0 Å². The number of carbonyl (C=O) groups is 1. The maximum Gasteiger partial charge on any atom is 0.260 e. The van der Waals surface area contributed by atoms with Gasteiger partial charge < -0.3 is 4.74 Å². The molecular weight excluding hydrogens is 425 g/mol. The number of fused-ring (bicyclic) bond motifs is 1. The van der Waals surface area contributed by atoms with Crippen LogP contribution in [-0.4, -0.2) is 22.5 Å². The topological polar surface area (TPSA) is 55.3 Å². The van der Waals surface area contributed by atoms with Crippen molar-refractivity contribution < 1.29 is 13.9 Å². The van der Waals surface area contributed by atoms with Crippen LogP contribution in [-0.2, 0) is 6.54 Å². The molecule has 0 bridgehead atoms. The van der Waals surface area contributed by atoms with Crippen LogP contribution < -0.4 is 9.64 Å². The van der Waals surface area contributed by atoms with E-state index in [-0.39, 0.29) is 18.0 Å². The van der Waals surface area contributed by atoms with Crippen molar-refractivity contribution in [1.82, 2.24) is 9.97 Å². The number of carbonyl (C=O) groups excluding carboxylic acids is 1. The fourth-order valence-corrected chi connectivity index (χ4v) is 4.27. The molecule has 2 aromatic heterocycles. The van der Waals surface area contributed by atoms with Crippen LogP contribution in [0, 0.1) is 5.82 Å². The number of thiazole rings is 1. The van der Waals surface area contributed by atoms with Gasteiger partial charge in [0.1, 0.15) is 17.1 Å². The molecule has 4 rings (SSSR count). The van der Waals surface area contributed by atoms with E-state index in [2.05, 4.69) is 16.9 Å². The van der Waals surface area contributed by atoms with E-state index in [0.717, 1.165) is 30.7 Å². The molecule has 0 saturated carbocycles. The Hall–Kier alpha value is -3.32. The first-order valence-electron chi connectivity index (χ1n) is 10.7. The van der Waals surface area contributed by atoms with Crippen molar-refractivity contribution in [1.29, 1.82) is 0 Å². The lowest BCUT2D eigenvalue weighted by Gasteiger charge is -2.20. The molecule has 4 aromatic rings. The minimum Gasteiger partial charge on any atom is -0.494 e. The summed E-state index contributed by atoms with van der Waals surface area (Å²) >= 11 is 1.28. The molecule has 2 aromatic carbocycles. The number of pyridine rings is 1. The monoisotopic (exact) mass is 449 g/mol. The summed E-state index contributed by atoms with van der Waals surface area (Å²) in [7, 11) is 0. The van der Waals surface area contributed by atoms with Gasteiger partial charge in [-0.05, 0) is 55.0 Å². The van der Waals surface area contributed by atoms with Gasteiger partial charge in [-0.2, -0.15) is 0 Å². The van der Waals surface area contributed by atoms with E-state index in [0.29, 0.717) is 22.0 Å². The molecule has 0 radical (unpaired) electrons. The summed E-state index contributed by atoms with van der Waals surface area (Å²) < 4.78 is 20.7. The Morgan fingerprint density at radius 3 is 2.62 bits per heavy atom. The average molecular weight is 450 g/mol. The Labute approximate surface area is 190 Å². The Morgan fingerprint density at radius 2 is 1.91 bits per heavy atom. The van der Waals surface area contributed by atoms with Gasteiger partial charge in [0.05, 0.1) is 23.5 Å². The molecule has 0 atom stereocenters. The van der Waals surface area contributed by atoms with Gasteiger partial charge in [0.25, 0.3) is 5.91 Å². The molecule has 0 unspecified atom stereocenters. The molecule has 32 heavy (non-hydrogen) atoms. The van der Waals surface area contributed by atoms with E-state index in [1.807, 2.05) is 18.2 Å². The highest BCUT2D eigenvalue weighted by Gasteiger charge is 2.23. The largest absolute Gasteiger partial charge is 0.494 e. The third-order valence-corrected chi connectivity index (χ3v) is 6.04. The molecule has 0 aliphatic carbocycles. The summed E-state index contributed by atoms with van der Waals surface area (Å²) in [6, 6.07) is 17.4. The second kappa shape index (κ2) is 10.3. The molecule has 164 valence electrons. The van der Waals surface area contributed by atoms with Gasteiger partial charge in [0, 0.05) is 11.8 Å². The van der Waals surface area contributed by atoms with Crippen LogP contribution in [0.3, 0.4) is 0 Å². The summed E-state index contributed by atoms with van der Waals surface area (Å²) in [4.78, 5) is 23.8. The van der Waals surface area contributed by atoms with Crippen LogP contribution in [0.4, 0.5) is 9.52 Å². The van der Waals surface area contributed by atoms with Gasteiger partial charge in [-0.1, -0.05) is 43.2 Å². The molecular formula is C25H24FN3O2S. The van der Waals surface area contributed by atoms with Crippen molar-refractivity contribution >= 4 is 32.6 Å². The SMILES string of the molecule is CCCCCOc1ccc(C(=O)N(Cc2ccccn2)c2nc3c(F)cccc3s2)cc1. The molecule has 0 aliphatic rings. The number of ether oxygens (including phenoxy) is 1. The number of aromatic nitrogens is 2. The van der Waals surface area contributed by atoms with E-state index in [1.54, 1.807) is 47.5 Å². The lowest BCUT2D eigenvalue weighted by Crippen LogP contribution is -2.30.